The van der Waals surface area contributed by atoms with Crippen molar-refractivity contribution in [2.75, 3.05) is 20.8 Å². The number of carbonyl (C=O) groups is 1. The Kier molecular flexibility index (Phi) is 7.43. The van der Waals surface area contributed by atoms with E-state index < -0.39 is 0 Å². The summed E-state index contributed by atoms with van der Waals surface area (Å²) in [7, 11) is 3.21. The third-order valence-electron chi connectivity index (χ3n) is 3.06. The minimum atomic E-state index is -0.143. The van der Waals surface area contributed by atoms with Crippen LogP contribution in [0.4, 0.5) is 0 Å². The third-order valence-corrected chi connectivity index (χ3v) is 4.15. The Morgan fingerprint density at radius 1 is 1.19 bits per heavy atom. The van der Waals surface area contributed by atoms with Crippen LogP contribution in [0.3, 0.4) is 0 Å². The Morgan fingerprint density at radius 2 is 1.86 bits per heavy atom. The number of hydrogen-bond donors (Lipinski definition) is 1. The van der Waals surface area contributed by atoms with Crippen molar-refractivity contribution in [1.29, 1.82) is 0 Å². The van der Waals surface area contributed by atoms with Gasteiger partial charge in [0.1, 0.15) is 0 Å². The second kappa shape index (κ2) is 8.82. The molecule has 5 heteroatoms. The highest BCUT2D eigenvalue weighted by Crippen LogP contribution is 2.33. The number of thioether (sulfide) groups is 1. The molecule has 118 valence electrons. The van der Waals surface area contributed by atoms with Crippen LogP contribution in [0.1, 0.15) is 27.2 Å². The van der Waals surface area contributed by atoms with E-state index in [0.29, 0.717) is 17.4 Å². The number of carbonyl (C=O) groups excluding carboxylic acids is 1. The Labute approximate surface area is 131 Å². The van der Waals surface area contributed by atoms with Crippen molar-refractivity contribution in [2.24, 2.45) is 5.92 Å². The summed E-state index contributed by atoms with van der Waals surface area (Å²) in [6, 6.07) is 5.68. The van der Waals surface area contributed by atoms with Crippen LogP contribution in [0.5, 0.6) is 11.5 Å². The third kappa shape index (κ3) is 5.87. The maximum Gasteiger partial charge on any atom is 0.233 e. The molecule has 0 heterocycles. The minimum Gasteiger partial charge on any atom is -0.493 e. The van der Waals surface area contributed by atoms with Gasteiger partial charge < -0.3 is 14.8 Å². The highest BCUT2D eigenvalue weighted by molar-refractivity contribution is 8.00. The lowest BCUT2D eigenvalue weighted by Gasteiger charge is -2.14. The fourth-order valence-electron chi connectivity index (χ4n) is 1.78. The zero-order valence-electron chi connectivity index (χ0n) is 13.4. The van der Waals surface area contributed by atoms with Gasteiger partial charge in [0.2, 0.25) is 5.91 Å². The zero-order chi connectivity index (χ0) is 15.8. The summed E-state index contributed by atoms with van der Waals surface area (Å²) < 4.78 is 10.5. The van der Waals surface area contributed by atoms with E-state index in [1.807, 2.05) is 25.1 Å². The van der Waals surface area contributed by atoms with Crippen LogP contribution < -0.4 is 14.8 Å². The molecule has 0 fully saturated rings. The highest BCUT2D eigenvalue weighted by Gasteiger charge is 2.15. The van der Waals surface area contributed by atoms with Gasteiger partial charge in [0, 0.05) is 11.4 Å². The first-order valence-corrected chi connectivity index (χ1v) is 8.02. The predicted molar refractivity (Wildman–Crippen MR) is 87.3 cm³/mol. The number of hydrogen-bond acceptors (Lipinski definition) is 4. The van der Waals surface area contributed by atoms with E-state index in [1.54, 1.807) is 14.2 Å². The molecular weight excluding hydrogens is 286 g/mol. The van der Waals surface area contributed by atoms with Gasteiger partial charge in [0.15, 0.2) is 11.5 Å². The Hall–Kier alpha value is -1.36. The lowest BCUT2D eigenvalue weighted by molar-refractivity contribution is -0.120. The zero-order valence-corrected chi connectivity index (χ0v) is 14.3. The molecule has 1 N–H and O–H groups in total. The molecule has 1 aromatic rings. The molecule has 0 saturated carbocycles. The normalized spacial score (nSPS) is 12.1. The topological polar surface area (TPSA) is 47.6 Å². The predicted octanol–water partition coefficient (Wildman–Crippen LogP) is 3.35. The van der Waals surface area contributed by atoms with Crippen molar-refractivity contribution in [1.82, 2.24) is 5.32 Å². The van der Waals surface area contributed by atoms with Crippen molar-refractivity contribution >= 4 is 17.7 Å². The number of methoxy groups -OCH3 is 2. The average molecular weight is 311 g/mol. The highest BCUT2D eigenvalue weighted by atomic mass is 32.2. The van der Waals surface area contributed by atoms with Crippen LogP contribution in [0, 0.1) is 5.92 Å². The fraction of sp³-hybridized carbons (Fsp3) is 0.562. The SMILES string of the molecule is COc1ccc(S[C@@H](C)C(=O)NCCC(C)C)cc1OC. The van der Waals surface area contributed by atoms with Gasteiger partial charge in [-0.3, -0.25) is 4.79 Å². The summed E-state index contributed by atoms with van der Waals surface area (Å²) in [4.78, 5) is 13.0. The molecule has 0 aliphatic heterocycles. The van der Waals surface area contributed by atoms with Crippen LogP contribution in [0.2, 0.25) is 0 Å². The molecule has 0 saturated heterocycles. The second-order valence-electron chi connectivity index (χ2n) is 5.25. The van der Waals surface area contributed by atoms with E-state index in [1.165, 1.54) is 11.8 Å². The summed E-state index contributed by atoms with van der Waals surface area (Å²) in [5.41, 5.74) is 0. The van der Waals surface area contributed by atoms with Crippen LogP contribution in [-0.2, 0) is 4.79 Å². The van der Waals surface area contributed by atoms with E-state index in [2.05, 4.69) is 19.2 Å². The molecule has 1 rings (SSSR count). The molecule has 1 atom stereocenters. The molecule has 1 amide bonds. The lowest BCUT2D eigenvalue weighted by Crippen LogP contribution is -2.32. The van der Waals surface area contributed by atoms with Crippen LogP contribution in [0.15, 0.2) is 23.1 Å². The van der Waals surface area contributed by atoms with Crippen molar-refractivity contribution in [2.45, 2.75) is 37.3 Å². The van der Waals surface area contributed by atoms with E-state index in [-0.39, 0.29) is 11.2 Å². The minimum absolute atomic E-state index is 0.0652. The maximum absolute atomic E-state index is 12.0. The fourth-order valence-corrected chi connectivity index (χ4v) is 2.70. The number of nitrogens with one attached hydrogen (secondary N) is 1. The summed E-state index contributed by atoms with van der Waals surface area (Å²) in [5, 5.41) is 2.83. The number of amides is 1. The standard InChI is InChI=1S/C16H25NO3S/c1-11(2)8-9-17-16(18)12(3)21-13-6-7-14(19-4)15(10-13)20-5/h6-7,10-12H,8-9H2,1-5H3,(H,17,18)/t12-/m0/s1. The molecule has 21 heavy (non-hydrogen) atoms. The van der Waals surface area contributed by atoms with Gasteiger partial charge in [-0.15, -0.1) is 11.8 Å². The van der Waals surface area contributed by atoms with Gasteiger partial charge in [-0.25, -0.2) is 0 Å². The Bertz CT molecular complexity index is 463. The van der Waals surface area contributed by atoms with Gasteiger partial charge in [-0.2, -0.15) is 0 Å². The van der Waals surface area contributed by atoms with Crippen LogP contribution >= 0.6 is 11.8 Å². The first-order valence-electron chi connectivity index (χ1n) is 7.14. The molecule has 0 aliphatic rings. The smallest absolute Gasteiger partial charge is 0.233 e. The second-order valence-corrected chi connectivity index (χ2v) is 6.66. The number of ether oxygens (including phenoxy) is 2. The molecule has 0 bridgehead atoms. The van der Waals surface area contributed by atoms with E-state index in [4.69, 9.17) is 9.47 Å². The molecule has 0 aliphatic carbocycles. The molecule has 1 aromatic carbocycles. The summed E-state index contributed by atoms with van der Waals surface area (Å²) in [6.07, 6.45) is 0.999. The largest absolute Gasteiger partial charge is 0.493 e. The first-order chi connectivity index (χ1) is 9.97. The monoisotopic (exact) mass is 311 g/mol. The average Bonchev–Trinajstić information content (AvgIpc) is 2.46. The van der Waals surface area contributed by atoms with Gasteiger partial charge in [0.05, 0.1) is 19.5 Å². The van der Waals surface area contributed by atoms with Crippen molar-refractivity contribution in [3.63, 3.8) is 0 Å². The number of rotatable bonds is 8. The molecule has 0 unspecified atom stereocenters. The van der Waals surface area contributed by atoms with Gasteiger partial charge >= 0.3 is 0 Å². The van der Waals surface area contributed by atoms with Crippen molar-refractivity contribution in [3.05, 3.63) is 18.2 Å². The maximum atomic E-state index is 12.0. The van der Waals surface area contributed by atoms with Gasteiger partial charge in [-0.05, 0) is 37.5 Å². The van der Waals surface area contributed by atoms with Gasteiger partial charge in [-0.1, -0.05) is 13.8 Å². The molecular formula is C16H25NO3S. The molecule has 4 nitrogen and oxygen atoms in total. The summed E-state index contributed by atoms with van der Waals surface area (Å²) >= 11 is 1.51. The Morgan fingerprint density at radius 3 is 2.43 bits per heavy atom. The van der Waals surface area contributed by atoms with Gasteiger partial charge in [0.25, 0.3) is 0 Å². The summed E-state index contributed by atoms with van der Waals surface area (Å²) in [6.45, 7) is 6.93. The summed E-state index contributed by atoms with van der Waals surface area (Å²) in [5.74, 6) is 2.03. The first kappa shape index (κ1) is 17.7. The molecule has 0 aromatic heterocycles. The van der Waals surface area contributed by atoms with E-state index >= 15 is 0 Å². The van der Waals surface area contributed by atoms with Crippen molar-refractivity contribution in [3.8, 4) is 11.5 Å². The lowest BCUT2D eigenvalue weighted by atomic mass is 10.1. The molecule has 0 spiro atoms. The Balaban J connectivity index is 2.57. The van der Waals surface area contributed by atoms with E-state index in [9.17, 15) is 4.79 Å². The molecule has 0 radical (unpaired) electrons. The quantitative estimate of drug-likeness (QED) is 0.748. The van der Waals surface area contributed by atoms with Crippen LogP contribution in [0.25, 0.3) is 0 Å². The van der Waals surface area contributed by atoms with Crippen molar-refractivity contribution < 1.29 is 14.3 Å². The van der Waals surface area contributed by atoms with Crippen LogP contribution in [-0.4, -0.2) is 31.9 Å². The van der Waals surface area contributed by atoms with E-state index in [0.717, 1.165) is 17.9 Å². The number of benzene rings is 1.